The normalized spacial score (nSPS) is 22.5. The quantitative estimate of drug-likeness (QED) is 0.334. The molecule has 1 amide bonds. The smallest absolute Gasteiger partial charge is 0.297 e. The molecule has 13 heavy (non-hydrogen) atoms. The van der Waals surface area contributed by atoms with E-state index in [-0.39, 0.29) is 0 Å². The van der Waals surface area contributed by atoms with Crippen LogP contribution in [0.15, 0.2) is 16.6 Å². The van der Waals surface area contributed by atoms with Gasteiger partial charge in [-0.1, -0.05) is 11.1 Å². The molecular formula is C6H10N4O2S. The van der Waals surface area contributed by atoms with Gasteiger partial charge in [-0.3, -0.25) is 9.63 Å². The highest BCUT2D eigenvalue weighted by Crippen LogP contribution is 2.35. The summed E-state index contributed by atoms with van der Waals surface area (Å²) in [5.41, 5.74) is 5.52. The molecule has 0 fully saturated rings. The van der Waals surface area contributed by atoms with E-state index in [1.165, 1.54) is 13.3 Å². The molecule has 0 radical (unpaired) electrons. The fourth-order valence-electron chi connectivity index (χ4n) is 0.801. The maximum absolute atomic E-state index is 11.1. The number of carbonyl (C=O) groups excluding carboxylic acids is 1. The lowest BCUT2D eigenvalue weighted by Gasteiger charge is -2.25. The van der Waals surface area contributed by atoms with Gasteiger partial charge in [0.1, 0.15) is 0 Å². The van der Waals surface area contributed by atoms with E-state index in [0.717, 1.165) is 4.47 Å². The Labute approximate surface area is 78.0 Å². The molecule has 0 aromatic rings. The van der Waals surface area contributed by atoms with Crippen LogP contribution in [0.25, 0.3) is 0 Å². The van der Waals surface area contributed by atoms with Gasteiger partial charge in [-0.05, 0) is 5.41 Å². The molecule has 6 nitrogen and oxygen atoms in total. The first-order valence-corrected chi connectivity index (χ1v) is 4.75. The van der Waals surface area contributed by atoms with E-state index in [0.29, 0.717) is 11.4 Å². The topological polar surface area (TPSA) is 91.8 Å². The van der Waals surface area contributed by atoms with Gasteiger partial charge in [0.25, 0.3) is 5.91 Å². The van der Waals surface area contributed by atoms with Gasteiger partial charge < -0.3 is 11.1 Å². The fourth-order valence-corrected chi connectivity index (χ4v) is 2.09. The number of carbonyl (C=O) groups is 1. The number of hydrogen-bond donors (Lipinski definition) is 3. The first kappa shape index (κ1) is 9.75. The lowest BCUT2D eigenvalue weighted by atomic mass is 10.7. The van der Waals surface area contributed by atoms with E-state index in [1.54, 1.807) is 5.41 Å². The summed E-state index contributed by atoms with van der Waals surface area (Å²) in [6, 6.07) is 0. The van der Waals surface area contributed by atoms with Crippen molar-refractivity contribution < 1.29 is 9.63 Å². The number of nitrogens with two attached hydrogens (primary N) is 1. The van der Waals surface area contributed by atoms with Gasteiger partial charge in [-0.2, -0.15) is 4.47 Å². The minimum atomic E-state index is -1.16. The van der Waals surface area contributed by atoms with Crippen molar-refractivity contribution in [1.82, 2.24) is 4.47 Å². The largest absolute Gasteiger partial charge is 0.378 e. The van der Waals surface area contributed by atoms with Crippen LogP contribution in [0.5, 0.6) is 0 Å². The molecule has 7 heteroatoms. The molecule has 0 saturated carbocycles. The van der Waals surface area contributed by atoms with Gasteiger partial charge in [0.2, 0.25) is 0 Å². The zero-order chi connectivity index (χ0) is 9.84. The average Bonchev–Trinajstić information content (AvgIpc) is 2.53. The average molecular weight is 202 g/mol. The van der Waals surface area contributed by atoms with Crippen molar-refractivity contribution in [2.75, 3.05) is 7.11 Å². The number of hydroxylamine groups is 1. The molecule has 0 spiro atoms. The second-order valence-electron chi connectivity index (χ2n) is 2.07. The Morgan fingerprint density at radius 2 is 2.62 bits per heavy atom. The summed E-state index contributed by atoms with van der Waals surface area (Å²) in [6.07, 6.45) is 2.19. The molecule has 1 rings (SSSR count). The zero-order valence-corrected chi connectivity index (χ0v) is 7.86. The zero-order valence-electron chi connectivity index (χ0n) is 6.97. The Hall–Kier alpha value is -1.34. The van der Waals surface area contributed by atoms with Crippen molar-refractivity contribution in [3.8, 4) is 0 Å². The molecule has 72 valence electrons. The van der Waals surface area contributed by atoms with Gasteiger partial charge in [-0.15, -0.1) is 0 Å². The van der Waals surface area contributed by atoms with Gasteiger partial charge in [0, 0.05) is 6.20 Å². The molecule has 0 aromatic heterocycles. The predicted molar refractivity (Wildman–Crippen MR) is 52.4 cm³/mol. The van der Waals surface area contributed by atoms with Crippen molar-refractivity contribution in [2.45, 2.75) is 0 Å². The highest BCUT2D eigenvalue weighted by molar-refractivity contribution is 8.30. The Bertz CT molecular complexity index is 288. The van der Waals surface area contributed by atoms with Crippen LogP contribution >= 0.6 is 11.1 Å². The van der Waals surface area contributed by atoms with Crippen LogP contribution in [0.3, 0.4) is 0 Å². The summed E-state index contributed by atoms with van der Waals surface area (Å²) < 4.78 is 1.05. The molecule has 0 bridgehead atoms. The van der Waals surface area contributed by atoms with Crippen LogP contribution < -0.4 is 5.73 Å². The molecule has 0 aromatic carbocycles. The van der Waals surface area contributed by atoms with E-state index < -0.39 is 17.0 Å². The predicted octanol–water partition coefficient (Wildman–Crippen LogP) is -0.258. The van der Waals surface area contributed by atoms with E-state index in [4.69, 9.17) is 16.0 Å². The molecule has 1 aliphatic rings. The second-order valence-corrected chi connectivity index (χ2v) is 3.88. The Morgan fingerprint density at radius 1 is 1.92 bits per heavy atom. The molecule has 1 unspecified atom stereocenters. The van der Waals surface area contributed by atoms with E-state index >= 15 is 0 Å². The highest BCUT2D eigenvalue weighted by atomic mass is 32.2. The van der Waals surface area contributed by atoms with Gasteiger partial charge in [0.05, 0.1) is 13.3 Å². The monoisotopic (exact) mass is 202 g/mol. The van der Waals surface area contributed by atoms with Crippen molar-refractivity contribution in [1.29, 1.82) is 5.41 Å². The summed E-state index contributed by atoms with van der Waals surface area (Å²) in [5, 5.41) is 8.80. The number of thiol groups is 1. The van der Waals surface area contributed by atoms with Crippen LogP contribution in [0.4, 0.5) is 0 Å². The lowest BCUT2D eigenvalue weighted by molar-refractivity contribution is -0.141. The first-order valence-electron chi connectivity index (χ1n) is 3.38. The van der Waals surface area contributed by atoms with E-state index in [9.17, 15) is 4.79 Å². The fraction of sp³-hybridized carbons (Fsp3) is 0.167. The summed E-state index contributed by atoms with van der Waals surface area (Å²) in [4.78, 5) is 19.7. The highest BCUT2D eigenvalue weighted by Gasteiger charge is 2.22. The van der Waals surface area contributed by atoms with Gasteiger partial charge in [0.15, 0.2) is 5.17 Å². The molecule has 3 N–H and O–H groups in total. The summed E-state index contributed by atoms with van der Waals surface area (Å²) in [5.74, 6) is -0.543. The Kier molecular flexibility index (Phi) is 3.04. The third-order valence-corrected chi connectivity index (χ3v) is 3.08. The molecular weight excluding hydrogens is 192 g/mol. The van der Waals surface area contributed by atoms with Crippen molar-refractivity contribution in [2.24, 2.45) is 10.7 Å². The Morgan fingerprint density at radius 3 is 3.00 bits per heavy atom. The number of amides is 1. The van der Waals surface area contributed by atoms with Crippen molar-refractivity contribution in [3.05, 3.63) is 11.6 Å². The van der Waals surface area contributed by atoms with Crippen LogP contribution in [-0.4, -0.2) is 28.9 Å². The Balaban J connectivity index is 2.78. The molecule has 0 saturated heterocycles. The number of nitrogens with one attached hydrogen (secondary N) is 1. The molecule has 0 aliphatic carbocycles. The van der Waals surface area contributed by atoms with Crippen LogP contribution in [0, 0.1) is 5.41 Å². The number of rotatable bonds is 3. The third kappa shape index (κ3) is 1.87. The lowest BCUT2D eigenvalue weighted by Crippen LogP contribution is -2.31. The minimum absolute atomic E-state index is 0.340. The number of nitrogens with zero attached hydrogens (tertiary/aromatic N) is 2. The summed E-state index contributed by atoms with van der Waals surface area (Å²) in [7, 11) is 1.35. The number of hydrogen-bond acceptors (Lipinski definition) is 5. The molecule has 1 atom stereocenters. The number of aliphatic imine (C=N–C) groups is 1. The third-order valence-electron chi connectivity index (χ3n) is 1.33. The summed E-state index contributed by atoms with van der Waals surface area (Å²) >= 11 is -1.16. The number of amidine groups is 1. The van der Waals surface area contributed by atoms with Crippen LogP contribution in [-0.2, 0) is 9.63 Å². The first-order chi connectivity index (χ1) is 6.20. The van der Waals surface area contributed by atoms with E-state index in [2.05, 4.69) is 4.99 Å². The standard InChI is InChI=1S/C6H10N4O2S/c1-12-10(5(11)4-7)13-3-2-9-6(13)8/h2-4,7,13H,1H3,(H2,8,9). The molecule has 1 heterocycles. The van der Waals surface area contributed by atoms with Gasteiger partial charge in [-0.25, -0.2) is 4.99 Å². The van der Waals surface area contributed by atoms with Crippen molar-refractivity contribution in [3.63, 3.8) is 0 Å². The van der Waals surface area contributed by atoms with E-state index in [1.807, 2.05) is 0 Å². The molecule has 1 aliphatic heterocycles. The maximum atomic E-state index is 11.1. The maximum Gasteiger partial charge on any atom is 0.297 e. The van der Waals surface area contributed by atoms with Crippen LogP contribution in [0.1, 0.15) is 0 Å². The van der Waals surface area contributed by atoms with Gasteiger partial charge >= 0.3 is 0 Å². The van der Waals surface area contributed by atoms with Crippen LogP contribution in [0.2, 0.25) is 0 Å². The SMILES string of the molecule is CON(C(=O)C=N)[SH]1C=CN=C1N. The van der Waals surface area contributed by atoms with Crippen molar-refractivity contribution >= 4 is 28.4 Å². The second kappa shape index (κ2) is 4.06. The minimum Gasteiger partial charge on any atom is -0.378 e. The summed E-state index contributed by atoms with van der Waals surface area (Å²) in [6.45, 7) is 0.